The van der Waals surface area contributed by atoms with Gasteiger partial charge in [-0.2, -0.15) is 8.62 Å². The molecule has 0 saturated carbocycles. The molecule has 1 fully saturated rings. The molecule has 0 radical (unpaired) electrons. The van der Waals surface area contributed by atoms with Crippen LogP contribution in [0.2, 0.25) is 0 Å². The maximum atomic E-state index is 11.9. The smallest absolute Gasteiger partial charge is 0.412 e. The number of aryl methyl sites for hydroxylation is 1. The first kappa shape index (κ1) is 29.9. The average Bonchev–Trinajstić information content (AvgIpc) is 2.86. The van der Waals surface area contributed by atoms with Gasteiger partial charge in [0.2, 0.25) is 0 Å². The number of phosphoric acid groups is 3. The van der Waals surface area contributed by atoms with E-state index in [9.17, 15) is 33.3 Å². The number of ether oxygens (including phenoxy) is 1. The van der Waals surface area contributed by atoms with Crippen molar-refractivity contribution in [3.63, 3.8) is 0 Å². The number of hydrogen-bond donors (Lipinski definition) is 6. The van der Waals surface area contributed by atoms with Gasteiger partial charge in [0, 0.05) is 18.2 Å². The molecule has 10 N–H and O–H groups in total. The molecule has 1 aliphatic heterocycles. The molecule has 2 unspecified atom stereocenters. The van der Waals surface area contributed by atoms with Gasteiger partial charge in [-0.15, -0.1) is 0 Å². The second kappa shape index (κ2) is 10.7. The van der Waals surface area contributed by atoms with E-state index in [0.29, 0.717) is 0 Å². The number of phosphoric ester groups is 1. The van der Waals surface area contributed by atoms with Gasteiger partial charge in [-0.25, -0.2) is 18.5 Å². The van der Waals surface area contributed by atoms with Crippen LogP contribution >= 0.6 is 23.5 Å². The standard InChI is InChI=1S/C10H17N2O14P3.2H2O/c1-5-3-12(10(15)11-9(5)14)8-2-6(13)7(24-8)4-23-28(19,20)26-29(21,22)25-27(16,17)18;;/h3,6-8,13H,2,4H2,1H3,(H,19,20)(H,21,22)(H,11,14,15)(H2,16,17,18);2*1H2/t6-,7+,8+;;/m0../s1. The average molecular weight is 518 g/mol. The second-order valence-corrected chi connectivity index (χ2v) is 10.2. The van der Waals surface area contributed by atoms with Gasteiger partial charge < -0.3 is 40.4 Å². The van der Waals surface area contributed by atoms with Gasteiger partial charge in [-0.05, 0) is 6.92 Å². The molecule has 18 nitrogen and oxygen atoms in total. The van der Waals surface area contributed by atoms with Crippen molar-refractivity contribution in [1.29, 1.82) is 0 Å². The molecule has 21 heteroatoms. The van der Waals surface area contributed by atoms with E-state index < -0.39 is 59.8 Å². The van der Waals surface area contributed by atoms with Crippen LogP contribution in [-0.4, -0.2) is 64.0 Å². The van der Waals surface area contributed by atoms with Gasteiger partial charge in [-0.1, -0.05) is 0 Å². The number of aromatic nitrogens is 2. The van der Waals surface area contributed by atoms with Crippen LogP contribution < -0.4 is 11.2 Å². The summed E-state index contributed by atoms with van der Waals surface area (Å²) in [7, 11) is -16.6. The summed E-state index contributed by atoms with van der Waals surface area (Å²) in [6.07, 6.45) is -2.67. The molecular weight excluding hydrogens is 497 g/mol. The zero-order chi connectivity index (χ0) is 22.2. The predicted molar refractivity (Wildman–Crippen MR) is 97.6 cm³/mol. The van der Waals surface area contributed by atoms with Crippen molar-refractivity contribution >= 4 is 23.5 Å². The van der Waals surface area contributed by atoms with Crippen molar-refractivity contribution in [2.45, 2.75) is 31.8 Å². The number of aliphatic hydroxyl groups is 1. The topological polar surface area (TPSA) is 307 Å². The lowest BCUT2D eigenvalue weighted by molar-refractivity contribution is -0.0450. The summed E-state index contributed by atoms with van der Waals surface area (Å²) in [4.78, 5) is 60.6. The largest absolute Gasteiger partial charge is 0.490 e. The van der Waals surface area contributed by atoms with Gasteiger partial charge >= 0.3 is 29.2 Å². The maximum absolute atomic E-state index is 11.9. The van der Waals surface area contributed by atoms with E-state index in [4.69, 9.17) is 19.4 Å². The van der Waals surface area contributed by atoms with Gasteiger partial charge in [0.1, 0.15) is 12.3 Å². The highest BCUT2D eigenvalue weighted by Gasteiger charge is 2.42. The molecule has 1 aromatic heterocycles. The fourth-order valence-electron chi connectivity index (χ4n) is 2.31. The van der Waals surface area contributed by atoms with E-state index >= 15 is 0 Å². The number of H-pyrrole nitrogens is 1. The van der Waals surface area contributed by atoms with Crippen LogP contribution in [0.15, 0.2) is 15.8 Å². The third-order valence-corrected chi connectivity index (χ3v) is 7.28. The normalized spacial score (nSPS) is 25.0. The van der Waals surface area contributed by atoms with Gasteiger partial charge in [0.25, 0.3) is 5.56 Å². The Morgan fingerprint density at radius 3 is 2.26 bits per heavy atom. The molecule has 2 heterocycles. The quantitative estimate of drug-likeness (QED) is 0.189. The maximum Gasteiger partial charge on any atom is 0.490 e. The Labute approximate surface area is 172 Å². The van der Waals surface area contributed by atoms with Gasteiger partial charge in [0.05, 0.1) is 12.7 Å². The zero-order valence-electron chi connectivity index (χ0n) is 15.4. The van der Waals surface area contributed by atoms with Crippen LogP contribution in [0.25, 0.3) is 0 Å². The lowest BCUT2D eigenvalue weighted by Crippen LogP contribution is -2.33. The summed E-state index contributed by atoms with van der Waals surface area (Å²) in [5.74, 6) is 0. The van der Waals surface area contributed by atoms with Crippen molar-refractivity contribution in [1.82, 2.24) is 9.55 Å². The van der Waals surface area contributed by atoms with E-state index in [1.54, 1.807) is 0 Å². The first-order chi connectivity index (χ1) is 13.1. The lowest BCUT2D eigenvalue weighted by atomic mass is 10.2. The molecule has 1 aromatic rings. The monoisotopic (exact) mass is 518 g/mol. The summed E-state index contributed by atoms with van der Waals surface area (Å²) in [6, 6.07) is 0. The van der Waals surface area contributed by atoms with Crippen LogP contribution in [0.4, 0.5) is 0 Å². The van der Waals surface area contributed by atoms with Crippen molar-refractivity contribution < 1.29 is 67.2 Å². The minimum absolute atomic E-state index is 0. The van der Waals surface area contributed by atoms with Crippen LogP contribution in [0.3, 0.4) is 0 Å². The van der Waals surface area contributed by atoms with Crippen LogP contribution in [-0.2, 0) is 31.6 Å². The summed E-state index contributed by atoms with van der Waals surface area (Å²) in [5, 5.41) is 9.98. The van der Waals surface area contributed by atoms with E-state index in [-0.39, 0.29) is 22.9 Å². The fourth-order valence-corrected chi connectivity index (χ4v) is 5.34. The highest BCUT2D eigenvalue weighted by Crippen LogP contribution is 2.66. The SMILES string of the molecule is Cc1cn([C@H]2C[C@H](O)[C@@H](COP(=O)(O)OP(=O)(O)OP(=O)(O)O)O2)c(=O)[nH]c1=O.O.O. The number of hydrogen-bond acceptors (Lipinski definition) is 10. The Morgan fingerprint density at radius 2 is 1.71 bits per heavy atom. The molecule has 2 rings (SSSR count). The van der Waals surface area contributed by atoms with Crippen molar-refractivity contribution in [3.8, 4) is 0 Å². The van der Waals surface area contributed by atoms with Gasteiger partial charge in [-0.3, -0.25) is 18.9 Å². The number of nitrogens with zero attached hydrogens (tertiary/aromatic N) is 1. The summed E-state index contributed by atoms with van der Waals surface area (Å²) < 4.78 is 51.3. The summed E-state index contributed by atoms with van der Waals surface area (Å²) in [6.45, 7) is 0.547. The van der Waals surface area contributed by atoms with Crippen molar-refractivity contribution in [2.75, 3.05) is 6.61 Å². The Kier molecular flexibility index (Phi) is 10.3. The minimum atomic E-state index is -5.67. The number of rotatable bonds is 8. The third kappa shape index (κ3) is 8.76. The zero-order valence-corrected chi connectivity index (χ0v) is 18.1. The molecular formula is C10H21N2O16P3. The Hall–Kier alpha value is -1.07. The molecule has 182 valence electrons. The van der Waals surface area contributed by atoms with E-state index in [1.165, 1.54) is 13.1 Å². The fraction of sp³-hybridized carbons (Fsp3) is 0.600. The first-order valence-corrected chi connectivity index (χ1v) is 12.0. The predicted octanol–water partition coefficient (Wildman–Crippen LogP) is -2.81. The third-order valence-electron chi connectivity index (χ3n) is 3.48. The Balaban J connectivity index is 0.00000450. The number of aromatic amines is 1. The molecule has 5 atom stereocenters. The summed E-state index contributed by atoms with van der Waals surface area (Å²) >= 11 is 0. The van der Waals surface area contributed by atoms with Gasteiger partial charge in [0.15, 0.2) is 0 Å². The van der Waals surface area contributed by atoms with Crippen molar-refractivity contribution in [3.05, 3.63) is 32.6 Å². The Morgan fingerprint density at radius 1 is 1.13 bits per heavy atom. The van der Waals surface area contributed by atoms with Crippen LogP contribution in [0.5, 0.6) is 0 Å². The summed E-state index contributed by atoms with van der Waals surface area (Å²) in [5.41, 5.74) is -1.26. The number of nitrogens with one attached hydrogen (secondary N) is 1. The van der Waals surface area contributed by atoms with E-state index in [2.05, 4.69) is 13.1 Å². The molecule has 1 aliphatic rings. The van der Waals surface area contributed by atoms with E-state index in [0.717, 1.165) is 4.57 Å². The van der Waals surface area contributed by atoms with Crippen LogP contribution in [0.1, 0.15) is 18.2 Å². The lowest BCUT2D eigenvalue weighted by Gasteiger charge is -2.19. The second-order valence-electron chi connectivity index (χ2n) is 5.80. The molecule has 0 spiro atoms. The molecule has 31 heavy (non-hydrogen) atoms. The highest BCUT2D eigenvalue weighted by molar-refractivity contribution is 7.66. The highest BCUT2D eigenvalue weighted by atomic mass is 31.3. The molecule has 0 aromatic carbocycles. The Bertz CT molecular complexity index is 1010. The minimum Gasteiger partial charge on any atom is -0.412 e. The van der Waals surface area contributed by atoms with Crippen LogP contribution in [0, 0.1) is 6.92 Å². The molecule has 0 amide bonds. The van der Waals surface area contributed by atoms with E-state index in [1.807, 2.05) is 4.98 Å². The molecule has 0 aliphatic carbocycles. The first-order valence-electron chi connectivity index (χ1n) is 7.52. The molecule has 0 bridgehead atoms. The molecule has 1 saturated heterocycles. The number of aliphatic hydroxyl groups excluding tert-OH is 1. The van der Waals surface area contributed by atoms with Crippen molar-refractivity contribution in [2.24, 2.45) is 0 Å².